The van der Waals surface area contributed by atoms with E-state index >= 15 is 0 Å². The van der Waals surface area contributed by atoms with E-state index in [-0.39, 0.29) is 18.3 Å². The molecule has 7 heteroatoms. The summed E-state index contributed by atoms with van der Waals surface area (Å²) in [6.45, 7) is 1.79. The Hall–Kier alpha value is -2.70. The number of pyridine rings is 1. The van der Waals surface area contributed by atoms with E-state index in [1.807, 2.05) is 43.3 Å². The first-order valence-corrected chi connectivity index (χ1v) is 10.5. The first-order valence-electron chi connectivity index (χ1n) is 9.29. The molecule has 0 aliphatic carbocycles. The van der Waals surface area contributed by atoms with Crippen LogP contribution in [-0.4, -0.2) is 10.5 Å². The average Bonchev–Trinajstić information content (AvgIpc) is 2.72. The fourth-order valence-corrected chi connectivity index (χ4v) is 4.32. The second kappa shape index (κ2) is 8.35. The van der Waals surface area contributed by atoms with Crippen LogP contribution in [-0.2, 0) is 16.3 Å². The van der Waals surface area contributed by atoms with Gasteiger partial charge in [0.15, 0.2) is 6.73 Å². The lowest BCUT2D eigenvalue weighted by molar-refractivity contribution is -0.147. The molecule has 0 atom stereocenters. The minimum Gasteiger partial charge on any atom is -0.444 e. The largest absolute Gasteiger partial charge is 0.444 e. The minimum absolute atomic E-state index is 0.117. The van der Waals surface area contributed by atoms with Crippen molar-refractivity contribution in [3.05, 3.63) is 70.1 Å². The van der Waals surface area contributed by atoms with Crippen molar-refractivity contribution in [3.8, 4) is 11.1 Å². The van der Waals surface area contributed by atoms with E-state index in [9.17, 15) is 9.59 Å². The number of aromatic nitrogens is 1. The number of carbonyl (C=O) groups excluding carboxylic acids is 1. The van der Waals surface area contributed by atoms with E-state index in [1.54, 1.807) is 30.1 Å². The standard InChI is InChI=1S/C22H19ClN2O3S/c1-2-5-19(26)28-13-25-12-18-21(24-16-6-3-4-7-17(16)29-18)20(22(25)27)14-8-10-15(23)11-9-14/h3-4,6-12,24H,2,5,13H2,1H3. The molecule has 5 nitrogen and oxygen atoms in total. The third-order valence-corrected chi connectivity index (χ3v) is 5.92. The molecule has 0 fully saturated rings. The fraction of sp³-hybridized carbons (Fsp3) is 0.182. The summed E-state index contributed by atoms with van der Waals surface area (Å²) in [5, 5.41) is 4.00. The zero-order chi connectivity index (χ0) is 20.4. The van der Waals surface area contributed by atoms with Crippen LogP contribution in [0, 0.1) is 0 Å². The molecule has 3 aromatic rings. The maximum absolute atomic E-state index is 13.3. The van der Waals surface area contributed by atoms with Crippen molar-refractivity contribution in [2.75, 3.05) is 5.32 Å². The van der Waals surface area contributed by atoms with Gasteiger partial charge in [-0.05, 0) is 36.2 Å². The SMILES string of the molecule is CCCC(=O)OCn1cc2c(c(-c3ccc(Cl)cc3)c1=O)Nc1ccccc1S2. The fourth-order valence-electron chi connectivity index (χ4n) is 3.15. The molecule has 2 heterocycles. The van der Waals surface area contributed by atoms with Crippen LogP contribution in [0.15, 0.2) is 69.3 Å². The van der Waals surface area contributed by atoms with E-state index in [0.29, 0.717) is 23.4 Å². The Morgan fingerprint density at radius 2 is 1.90 bits per heavy atom. The summed E-state index contributed by atoms with van der Waals surface area (Å²) in [4.78, 5) is 27.1. The van der Waals surface area contributed by atoms with Gasteiger partial charge in [0, 0.05) is 22.5 Å². The van der Waals surface area contributed by atoms with Crippen molar-refractivity contribution < 1.29 is 9.53 Å². The molecule has 0 bridgehead atoms. The van der Waals surface area contributed by atoms with Crippen LogP contribution in [0.4, 0.5) is 11.4 Å². The molecule has 29 heavy (non-hydrogen) atoms. The smallest absolute Gasteiger partial charge is 0.307 e. The highest BCUT2D eigenvalue weighted by atomic mass is 35.5. The van der Waals surface area contributed by atoms with Crippen molar-refractivity contribution in [2.45, 2.75) is 36.3 Å². The Morgan fingerprint density at radius 1 is 1.14 bits per heavy atom. The molecular formula is C22H19ClN2O3S. The Labute approximate surface area is 177 Å². The maximum atomic E-state index is 13.3. The van der Waals surface area contributed by atoms with Gasteiger partial charge >= 0.3 is 5.97 Å². The molecule has 0 saturated heterocycles. The molecule has 4 rings (SSSR count). The first kappa shape index (κ1) is 19.6. The summed E-state index contributed by atoms with van der Waals surface area (Å²) < 4.78 is 6.74. The number of fused-ring (bicyclic) bond motifs is 2. The van der Waals surface area contributed by atoms with E-state index in [0.717, 1.165) is 26.7 Å². The van der Waals surface area contributed by atoms with Gasteiger partial charge in [0.25, 0.3) is 5.56 Å². The average molecular weight is 427 g/mol. The highest BCUT2D eigenvalue weighted by Crippen LogP contribution is 2.46. The van der Waals surface area contributed by atoms with Gasteiger partial charge in [-0.1, -0.05) is 54.6 Å². The lowest BCUT2D eigenvalue weighted by Crippen LogP contribution is -2.26. The Bertz CT molecular complexity index is 1130. The number of carbonyl (C=O) groups is 1. The van der Waals surface area contributed by atoms with Crippen LogP contribution in [0.2, 0.25) is 5.02 Å². The Morgan fingerprint density at radius 3 is 2.66 bits per heavy atom. The van der Waals surface area contributed by atoms with Gasteiger partial charge in [-0.2, -0.15) is 0 Å². The molecule has 148 valence electrons. The van der Waals surface area contributed by atoms with Crippen molar-refractivity contribution in [1.29, 1.82) is 0 Å². The van der Waals surface area contributed by atoms with Crippen molar-refractivity contribution >= 4 is 40.7 Å². The lowest BCUT2D eigenvalue weighted by Gasteiger charge is -2.24. The van der Waals surface area contributed by atoms with Gasteiger partial charge in [0.1, 0.15) is 0 Å². The third kappa shape index (κ3) is 4.04. The number of hydrogen-bond donors (Lipinski definition) is 1. The van der Waals surface area contributed by atoms with Crippen LogP contribution in [0.5, 0.6) is 0 Å². The number of esters is 1. The zero-order valence-corrected chi connectivity index (χ0v) is 17.3. The predicted octanol–water partition coefficient (Wildman–Crippen LogP) is 5.68. The number of nitrogens with one attached hydrogen (secondary N) is 1. The molecule has 0 spiro atoms. The van der Waals surface area contributed by atoms with Gasteiger partial charge in [-0.3, -0.25) is 14.2 Å². The van der Waals surface area contributed by atoms with Gasteiger partial charge in [0.05, 0.1) is 21.8 Å². The second-order valence-electron chi connectivity index (χ2n) is 6.64. The molecular weight excluding hydrogens is 408 g/mol. The summed E-state index contributed by atoms with van der Waals surface area (Å²) in [6, 6.07) is 15.1. The maximum Gasteiger partial charge on any atom is 0.307 e. The highest BCUT2D eigenvalue weighted by molar-refractivity contribution is 7.99. The van der Waals surface area contributed by atoms with Crippen molar-refractivity contribution in [1.82, 2.24) is 4.57 Å². The van der Waals surface area contributed by atoms with Gasteiger partial charge in [-0.15, -0.1) is 0 Å². The third-order valence-electron chi connectivity index (χ3n) is 4.56. The van der Waals surface area contributed by atoms with E-state index in [1.165, 1.54) is 4.57 Å². The van der Waals surface area contributed by atoms with E-state index < -0.39 is 0 Å². The van der Waals surface area contributed by atoms with Crippen LogP contribution < -0.4 is 10.9 Å². The number of benzene rings is 2. The van der Waals surface area contributed by atoms with Crippen LogP contribution >= 0.6 is 23.4 Å². The quantitative estimate of drug-likeness (QED) is 0.416. The number of rotatable bonds is 5. The number of halogens is 1. The molecule has 0 amide bonds. The molecule has 0 saturated carbocycles. The van der Waals surface area contributed by atoms with Gasteiger partial charge in [-0.25, -0.2) is 0 Å². The summed E-state index contributed by atoms with van der Waals surface area (Å²) in [7, 11) is 0. The van der Waals surface area contributed by atoms with E-state index in [4.69, 9.17) is 16.3 Å². The zero-order valence-electron chi connectivity index (χ0n) is 15.8. The number of para-hydroxylation sites is 1. The normalized spacial score (nSPS) is 11.9. The molecule has 0 radical (unpaired) electrons. The van der Waals surface area contributed by atoms with Crippen LogP contribution in [0.25, 0.3) is 11.1 Å². The summed E-state index contributed by atoms with van der Waals surface area (Å²) in [5.74, 6) is -0.318. The minimum atomic E-state index is -0.318. The summed E-state index contributed by atoms with van der Waals surface area (Å²) in [6.07, 6.45) is 2.77. The van der Waals surface area contributed by atoms with Crippen LogP contribution in [0.1, 0.15) is 19.8 Å². The predicted molar refractivity (Wildman–Crippen MR) is 116 cm³/mol. The van der Waals surface area contributed by atoms with E-state index in [2.05, 4.69) is 5.32 Å². The number of nitrogens with zero attached hydrogens (tertiary/aromatic N) is 1. The summed E-state index contributed by atoms with van der Waals surface area (Å²) >= 11 is 7.61. The molecule has 1 N–H and O–H groups in total. The van der Waals surface area contributed by atoms with Gasteiger partial charge in [0.2, 0.25) is 0 Å². The topological polar surface area (TPSA) is 60.3 Å². The molecule has 1 aromatic heterocycles. The first-order chi connectivity index (χ1) is 14.1. The number of hydrogen-bond acceptors (Lipinski definition) is 5. The molecule has 1 aliphatic rings. The van der Waals surface area contributed by atoms with Gasteiger partial charge < -0.3 is 10.1 Å². The van der Waals surface area contributed by atoms with Crippen molar-refractivity contribution in [2.24, 2.45) is 0 Å². The Kier molecular flexibility index (Phi) is 5.65. The Balaban J connectivity index is 1.81. The molecule has 0 unspecified atom stereocenters. The van der Waals surface area contributed by atoms with Crippen LogP contribution in [0.3, 0.4) is 0 Å². The lowest BCUT2D eigenvalue weighted by atomic mass is 10.0. The molecule has 1 aliphatic heterocycles. The number of ether oxygens (including phenoxy) is 1. The number of anilines is 2. The molecule has 2 aromatic carbocycles. The van der Waals surface area contributed by atoms with Crippen molar-refractivity contribution in [3.63, 3.8) is 0 Å². The summed E-state index contributed by atoms with van der Waals surface area (Å²) in [5.41, 5.74) is 2.73. The highest BCUT2D eigenvalue weighted by Gasteiger charge is 2.23. The second-order valence-corrected chi connectivity index (χ2v) is 8.16. The monoisotopic (exact) mass is 426 g/mol.